The maximum atomic E-state index is 12.1. The van der Waals surface area contributed by atoms with Crippen molar-refractivity contribution < 1.29 is 36.9 Å². The fourth-order valence-electron chi connectivity index (χ4n) is 2.33. The fourth-order valence-corrected chi connectivity index (χ4v) is 3.62. The SMILES string of the molecule is COC(=O)c1cnnn1C1C(=NC(=O)/C=N/OCc2csc(N)n2)C(=O)N1S(=O)(=O)O. The summed E-state index contributed by atoms with van der Waals surface area (Å²) in [4.78, 5) is 48.1. The molecule has 18 heteroatoms. The number of hydrogen-bond acceptors (Lipinski definition) is 13. The maximum Gasteiger partial charge on any atom is 0.364 e. The molecule has 16 nitrogen and oxygen atoms in total. The fraction of sp³-hybridized carbons (Fsp3) is 0.231. The standard InChI is InChI=1S/C13H12N8O8S2/c1-28-12(24)7-2-15-19-20(7)10-9(11(23)21(10)31(25,26)27)18-8(22)3-16-29-4-6-5-30-13(14)17-6/h2-3,5,10H,4H2,1H3,(H2,14,17)(H,25,26,27)/b16-3+,18-9?. The number of nitrogens with two attached hydrogens (primary N) is 1. The van der Waals surface area contributed by atoms with Crippen molar-refractivity contribution in [2.75, 3.05) is 12.8 Å². The lowest BCUT2D eigenvalue weighted by atomic mass is 10.1. The van der Waals surface area contributed by atoms with Gasteiger partial charge in [0.15, 0.2) is 29.3 Å². The number of ether oxygens (including phenoxy) is 1. The van der Waals surface area contributed by atoms with E-state index < -0.39 is 40.0 Å². The van der Waals surface area contributed by atoms with E-state index in [-0.39, 0.29) is 16.6 Å². The summed E-state index contributed by atoms with van der Waals surface area (Å²) < 4.78 is 37.5. The molecule has 2 aromatic rings. The molecule has 3 rings (SSSR count). The summed E-state index contributed by atoms with van der Waals surface area (Å²) in [6, 6.07) is 0. The molecule has 0 aliphatic carbocycles. The minimum atomic E-state index is -5.08. The monoisotopic (exact) mass is 472 g/mol. The minimum absolute atomic E-state index is 0.0412. The van der Waals surface area contributed by atoms with E-state index in [0.29, 0.717) is 21.7 Å². The number of rotatable bonds is 7. The van der Waals surface area contributed by atoms with Crippen LogP contribution in [0.5, 0.6) is 0 Å². The van der Waals surface area contributed by atoms with Gasteiger partial charge in [0.05, 0.1) is 19.0 Å². The molecule has 0 aromatic carbocycles. The van der Waals surface area contributed by atoms with E-state index in [1.165, 1.54) is 11.3 Å². The van der Waals surface area contributed by atoms with Crippen molar-refractivity contribution in [2.45, 2.75) is 12.8 Å². The third-order valence-corrected chi connectivity index (χ3v) is 5.17. The van der Waals surface area contributed by atoms with E-state index in [4.69, 9.17) is 10.6 Å². The molecule has 164 valence electrons. The number of aromatic nitrogens is 4. The topological polar surface area (TPSA) is 222 Å². The lowest BCUT2D eigenvalue weighted by molar-refractivity contribution is -0.127. The number of anilines is 1. The number of nitrogens with zero attached hydrogens (tertiary/aromatic N) is 7. The number of β-lactam (4-membered cyclic amide) rings is 1. The van der Waals surface area contributed by atoms with Gasteiger partial charge >= 0.3 is 16.3 Å². The summed E-state index contributed by atoms with van der Waals surface area (Å²) in [5.74, 6) is -3.39. The van der Waals surface area contributed by atoms with Crippen LogP contribution in [0.15, 0.2) is 21.7 Å². The average Bonchev–Trinajstić information content (AvgIpc) is 3.34. The van der Waals surface area contributed by atoms with E-state index >= 15 is 0 Å². The summed E-state index contributed by atoms with van der Waals surface area (Å²) in [6.07, 6.45) is -0.210. The highest BCUT2D eigenvalue weighted by Gasteiger charge is 2.54. The molecule has 1 fully saturated rings. The van der Waals surface area contributed by atoms with Crippen molar-refractivity contribution in [3.63, 3.8) is 0 Å². The Morgan fingerprint density at radius 2 is 2.19 bits per heavy atom. The van der Waals surface area contributed by atoms with Gasteiger partial charge in [0.1, 0.15) is 6.21 Å². The van der Waals surface area contributed by atoms with E-state index in [0.717, 1.165) is 13.3 Å². The van der Waals surface area contributed by atoms with Crippen LogP contribution in [0.4, 0.5) is 5.13 Å². The van der Waals surface area contributed by atoms with Gasteiger partial charge in [-0.15, -0.1) is 16.4 Å². The number of hydrogen-bond donors (Lipinski definition) is 2. The number of aliphatic imine (C=N–C) groups is 1. The quantitative estimate of drug-likeness (QED) is 0.153. The Morgan fingerprint density at radius 3 is 2.81 bits per heavy atom. The predicted molar refractivity (Wildman–Crippen MR) is 101 cm³/mol. The Balaban J connectivity index is 1.81. The number of amides is 2. The van der Waals surface area contributed by atoms with Crippen LogP contribution in [0.25, 0.3) is 0 Å². The van der Waals surface area contributed by atoms with E-state index in [1.807, 2.05) is 0 Å². The van der Waals surface area contributed by atoms with Gasteiger partial charge in [0.2, 0.25) is 0 Å². The van der Waals surface area contributed by atoms with Crippen LogP contribution in [0.3, 0.4) is 0 Å². The third-order valence-electron chi connectivity index (χ3n) is 3.59. The zero-order valence-electron chi connectivity index (χ0n) is 15.3. The van der Waals surface area contributed by atoms with Crippen LogP contribution in [0, 0.1) is 0 Å². The zero-order chi connectivity index (χ0) is 22.8. The van der Waals surface area contributed by atoms with Gasteiger partial charge in [-0.1, -0.05) is 10.4 Å². The molecule has 2 amide bonds. The van der Waals surface area contributed by atoms with Crippen molar-refractivity contribution in [3.05, 3.63) is 23.0 Å². The van der Waals surface area contributed by atoms with Crippen molar-refractivity contribution in [1.29, 1.82) is 0 Å². The Morgan fingerprint density at radius 1 is 1.45 bits per heavy atom. The molecule has 0 saturated carbocycles. The molecule has 3 heterocycles. The second kappa shape index (κ2) is 8.53. The van der Waals surface area contributed by atoms with Crippen molar-refractivity contribution in [3.8, 4) is 0 Å². The lowest BCUT2D eigenvalue weighted by Crippen LogP contribution is -2.61. The Labute approximate surface area is 176 Å². The molecule has 1 aliphatic heterocycles. The number of oxime groups is 1. The van der Waals surface area contributed by atoms with Gasteiger partial charge in [-0.05, 0) is 0 Å². The van der Waals surface area contributed by atoms with Gasteiger partial charge in [0.25, 0.3) is 11.8 Å². The first-order valence-corrected chi connectivity index (χ1v) is 10.2. The van der Waals surface area contributed by atoms with Crippen LogP contribution < -0.4 is 5.73 Å². The predicted octanol–water partition coefficient (Wildman–Crippen LogP) is -1.58. The molecule has 0 radical (unpaired) electrons. The highest BCUT2D eigenvalue weighted by molar-refractivity contribution is 7.84. The summed E-state index contributed by atoms with van der Waals surface area (Å²) >= 11 is 1.18. The largest absolute Gasteiger partial charge is 0.464 e. The molecule has 0 bridgehead atoms. The Kier molecular flexibility index (Phi) is 6.04. The molecule has 1 saturated heterocycles. The number of carbonyl (C=O) groups is 3. The molecular formula is C13H12N8O8S2. The summed E-state index contributed by atoms with van der Waals surface area (Å²) in [7, 11) is -4.04. The first-order valence-electron chi connectivity index (χ1n) is 7.91. The van der Waals surface area contributed by atoms with Gasteiger partial charge in [0, 0.05) is 5.38 Å². The average molecular weight is 472 g/mol. The Hall–Kier alpha value is -3.77. The molecule has 31 heavy (non-hydrogen) atoms. The molecule has 1 aliphatic rings. The van der Waals surface area contributed by atoms with E-state index in [2.05, 4.69) is 30.2 Å². The second-order valence-corrected chi connectivity index (χ2v) is 7.71. The molecule has 1 unspecified atom stereocenters. The van der Waals surface area contributed by atoms with Crippen molar-refractivity contribution >= 4 is 56.5 Å². The number of nitrogen functional groups attached to an aromatic ring is 1. The maximum absolute atomic E-state index is 12.1. The van der Waals surface area contributed by atoms with Crippen LogP contribution in [0.2, 0.25) is 0 Å². The Bertz CT molecular complexity index is 1200. The zero-order valence-corrected chi connectivity index (χ0v) is 17.0. The van der Waals surface area contributed by atoms with Crippen molar-refractivity contribution in [2.24, 2.45) is 10.1 Å². The van der Waals surface area contributed by atoms with Crippen molar-refractivity contribution in [1.82, 2.24) is 24.3 Å². The van der Waals surface area contributed by atoms with Crippen LogP contribution >= 0.6 is 11.3 Å². The number of methoxy groups -OCH3 is 1. The second-order valence-electron chi connectivity index (χ2n) is 5.53. The first-order chi connectivity index (χ1) is 14.6. The van der Waals surface area contributed by atoms with E-state index in [1.54, 1.807) is 5.38 Å². The number of carbonyl (C=O) groups excluding carboxylic acids is 3. The van der Waals surface area contributed by atoms with Crippen LogP contribution in [0.1, 0.15) is 22.3 Å². The smallest absolute Gasteiger partial charge is 0.364 e. The number of thiazole rings is 1. The highest BCUT2D eigenvalue weighted by atomic mass is 32.2. The highest BCUT2D eigenvalue weighted by Crippen LogP contribution is 2.30. The first kappa shape index (κ1) is 21.9. The molecular weight excluding hydrogens is 460 g/mol. The van der Waals surface area contributed by atoms with Gasteiger partial charge in [-0.25, -0.2) is 19.5 Å². The number of esters is 1. The summed E-state index contributed by atoms with van der Waals surface area (Å²) in [5.41, 5.74) is 4.91. The summed E-state index contributed by atoms with van der Waals surface area (Å²) in [5, 5.41) is 12.2. The molecule has 1 atom stereocenters. The minimum Gasteiger partial charge on any atom is -0.464 e. The van der Waals surface area contributed by atoms with Crippen LogP contribution in [-0.4, -0.2) is 74.1 Å². The van der Waals surface area contributed by atoms with Gasteiger partial charge in [-0.3, -0.25) is 14.1 Å². The van der Waals surface area contributed by atoms with Crippen LogP contribution in [-0.2, 0) is 36.1 Å². The van der Waals surface area contributed by atoms with E-state index in [9.17, 15) is 27.4 Å². The molecule has 0 spiro atoms. The molecule has 2 aromatic heterocycles. The third kappa shape index (κ3) is 4.54. The summed E-state index contributed by atoms with van der Waals surface area (Å²) in [6.45, 7) is -0.0897. The van der Waals surface area contributed by atoms with Gasteiger partial charge in [-0.2, -0.15) is 12.7 Å². The normalized spacial score (nSPS) is 17.7. The lowest BCUT2D eigenvalue weighted by Gasteiger charge is -2.37. The van der Waals surface area contributed by atoms with Gasteiger partial charge < -0.3 is 15.3 Å². The molecule has 3 N–H and O–H groups in total.